The number of thiophene rings is 1. The van der Waals surface area contributed by atoms with Crippen molar-refractivity contribution in [1.29, 1.82) is 0 Å². The average Bonchev–Trinajstić information content (AvgIpc) is 3.12. The van der Waals surface area contributed by atoms with Gasteiger partial charge in [-0.1, -0.05) is 12.1 Å². The fourth-order valence-electron chi connectivity index (χ4n) is 2.30. The van der Waals surface area contributed by atoms with Crippen LogP contribution in [0.5, 0.6) is 5.75 Å². The van der Waals surface area contributed by atoms with Crippen LogP contribution >= 0.6 is 43.2 Å². The van der Waals surface area contributed by atoms with Crippen molar-refractivity contribution in [3.8, 4) is 5.75 Å². The summed E-state index contributed by atoms with van der Waals surface area (Å²) in [6.07, 6.45) is 0. The van der Waals surface area contributed by atoms with Crippen molar-refractivity contribution in [2.75, 3.05) is 5.32 Å². The molecule has 1 amide bonds. The van der Waals surface area contributed by atoms with Crippen molar-refractivity contribution in [2.24, 2.45) is 0 Å². The molecule has 0 saturated heterocycles. The Labute approximate surface area is 179 Å². The normalized spacial score (nSPS) is 10.5. The molecule has 3 rings (SSSR count). The molecule has 0 spiro atoms. The molecule has 10 heteroatoms. The van der Waals surface area contributed by atoms with Crippen LogP contribution in [0.25, 0.3) is 0 Å². The van der Waals surface area contributed by atoms with Crippen LogP contribution in [0.15, 0.2) is 56.8 Å². The molecule has 0 aliphatic rings. The van der Waals surface area contributed by atoms with Gasteiger partial charge < -0.3 is 10.1 Å². The number of halogens is 3. The van der Waals surface area contributed by atoms with Crippen LogP contribution in [0.1, 0.15) is 15.2 Å². The van der Waals surface area contributed by atoms with Crippen molar-refractivity contribution in [1.82, 2.24) is 0 Å². The third-order valence-corrected chi connectivity index (χ3v) is 5.81. The summed E-state index contributed by atoms with van der Waals surface area (Å²) in [5.74, 6) is -0.652. The number of ether oxygens (including phenoxy) is 1. The number of anilines is 1. The zero-order valence-electron chi connectivity index (χ0n) is 13.9. The minimum atomic E-state index is -0.514. The second-order valence-electron chi connectivity index (χ2n) is 5.53. The first-order valence-corrected chi connectivity index (χ1v) is 10.2. The summed E-state index contributed by atoms with van der Waals surface area (Å²) in [4.78, 5) is 23.4. The van der Waals surface area contributed by atoms with E-state index in [-0.39, 0.29) is 24.0 Å². The molecule has 6 nitrogen and oxygen atoms in total. The van der Waals surface area contributed by atoms with Gasteiger partial charge in [-0.25, -0.2) is 4.39 Å². The monoisotopic (exact) mass is 528 g/mol. The quantitative estimate of drug-likeness (QED) is 0.306. The lowest BCUT2D eigenvalue weighted by atomic mass is 10.2. The van der Waals surface area contributed by atoms with Gasteiger partial charge in [-0.3, -0.25) is 14.9 Å². The molecule has 2 aromatic carbocycles. The molecule has 1 heterocycles. The van der Waals surface area contributed by atoms with Crippen LogP contribution in [-0.4, -0.2) is 10.8 Å². The molecule has 3 aromatic rings. The molecule has 0 radical (unpaired) electrons. The molecule has 0 aliphatic heterocycles. The van der Waals surface area contributed by atoms with Gasteiger partial charge in [0.2, 0.25) is 0 Å². The second kappa shape index (κ2) is 8.80. The molecule has 0 saturated carbocycles. The lowest BCUT2D eigenvalue weighted by Gasteiger charge is -2.09. The molecule has 1 aromatic heterocycles. The fraction of sp³-hybridized carbons (Fsp3) is 0.0556. The smallest absolute Gasteiger partial charge is 0.310 e. The van der Waals surface area contributed by atoms with Crippen LogP contribution in [0.4, 0.5) is 15.8 Å². The number of nitro groups is 1. The number of nitrogens with one attached hydrogen (secondary N) is 1. The Kier molecular flexibility index (Phi) is 6.42. The Hall–Kier alpha value is -2.30. The molecule has 28 heavy (non-hydrogen) atoms. The van der Waals surface area contributed by atoms with E-state index in [0.29, 0.717) is 25.1 Å². The van der Waals surface area contributed by atoms with Crippen molar-refractivity contribution in [3.05, 3.63) is 83.2 Å². The highest BCUT2D eigenvalue weighted by atomic mass is 79.9. The number of nitrogens with zero attached hydrogens (tertiary/aromatic N) is 1. The van der Waals surface area contributed by atoms with Gasteiger partial charge in [0.05, 0.1) is 15.5 Å². The molecular formula is C18H11Br2FN2O4S. The van der Waals surface area contributed by atoms with E-state index in [1.165, 1.54) is 35.6 Å². The Morgan fingerprint density at radius 2 is 1.89 bits per heavy atom. The maximum atomic E-state index is 13.3. The summed E-state index contributed by atoms with van der Waals surface area (Å²) in [7, 11) is 0. The van der Waals surface area contributed by atoms with Crippen LogP contribution in [0.3, 0.4) is 0 Å². The summed E-state index contributed by atoms with van der Waals surface area (Å²) in [5, 5.41) is 15.5. The number of hydrogen-bond donors (Lipinski definition) is 1. The molecule has 0 aliphatic carbocycles. The first kappa shape index (κ1) is 20.4. The highest BCUT2D eigenvalue weighted by molar-refractivity contribution is 9.11. The summed E-state index contributed by atoms with van der Waals surface area (Å²) in [6.45, 7) is 0.0819. The summed E-state index contributed by atoms with van der Waals surface area (Å²) < 4.78 is 19.7. The summed E-state index contributed by atoms with van der Waals surface area (Å²) in [5.41, 5.74) is 0.991. The molecule has 0 fully saturated rings. The Bertz CT molecular complexity index is 1030. The van der Waals surface area contributed by atoms with Gasteiger partial charge in [0, 0.05) is 20.6 Å². The van der Waals surface area contributed by atoms with Gasteiger partial charge in [-0.15, -0.1) is 11.3 Å². The van der Waals surface area contributed by atoms with E-state index < -0.39 is 10.7 Å². The van der Waals surface area contributed by atoms with Crippen LogP contribution < -0.4 is 10.1 Å². The Balaban J connectivity index is 1.69. The zero-order chi connectivity index (χ0) is 20.3. The first-order valence-electron chi connectivity index (χ1n) is 7.74. The molecule has 1 N–H and O–H groups in total. The maximum absolute atomic E-state index is 13.3. The number of nitro benzene ring substituents is 1. The van der Waals surface area contributed by atoms with Gasteiger partial charge in [0.25, 0.3) is 5.91 Å². The third kappa shape index (κ3) is 4.75. The van der Waals surface area contributed by atoms with Gasteiger partial charge in [-0.05, 0) is 61.5 Å². The predicted molar refractivity (Wildman–Crippen MR) is 112 cm³/mol. The van der Waals surface area contributed by atoms with E-state index >= 15 is 0 Å². The molecule has 144 valence electrons. The summed E-state index contributed by atoms with van der Waals surface area (Å²) in [6, 6.07) is 10.2. The van der Waals surface area contributed by atoms with E-state index in [4.69, 9.17) is 4.74 Å². The van der Waals surface area contributed by atoms with Crippen molar-refractivity contribution < 1.29 is 18.8 Å². The topological polar surface area (TPSA) is 81.5 Å². The number of rotatable bonds is 6. The third-order valence-electron chi connectivity index (χ3n) is 3.58. The van der Waals surface area contributed by atoms with E-state index in [1.54, 1.807) is 23.6 Å². The predicted octanol–water partition coefficient (Wildman–Crippen LogP) is 6.15. The fourth-order valence-corrected chi connectivity index (χ4v) is 4.42. The van der Waals surface area contributed by atoms with E-state index in [1.807, 2.05) is 0 Å². The van der Waals surface area contributed by atoms with Crippen LogP contribution in [-0.2, 0) is 6.61 Å². The van der Waals surface area contributed by atoms with Gasteiger partial charge in [-0.2, -0.15) is 0 Å². The lowest BCUT2D eigenvalue weighted by Crippen LogP contribution is -2.11. The molecule has 0 bridgehead atoms. The molecule has 0 atom stereocenters. The Morgan fingerprint density at radius 3 is 2.57 bits per heavy atom. The standard InChI is InChI=1S/C18H11Br2FN2O4S/c19-12-6-11(21)7-13(20)17(12)22-18(24)16-5-10(9-28-16)8-27-15-4-2-1-3-14(15)23(25)26/h1-7,9H,8H2,(H,22,24). The first-order chi connectivity index (χ1) is 13.3. The van der Waals surface area contributed by atoms with E-state index in [0.717, 1.165) is 0 Å². The number of hydrogen-bond acceptors (Lipinski definition) is 5. The van der Waals surface area contributed by atoms with Crippen molar-refractivity contribution in [3.63, 3.8) is 0 Å². The second-order valence-corrected chi connectivity index (χ2v) is 8.15. The highest BCUT2D eigenvalue weighted by Gasteiger charge is 2.16. The SMILES string of the molecule is O=C(Nc1c(Br)cc(F)cc1Br)c1cc(COc2ccccc2[N+](=O)[O-])cs1. The van der Waals surface area contributed by atoms with Crippen LogP contribution in [0, 0.1) is 15.9 Å². The molecule has 0 unspecified atom stereocenters. The zero-order valence-corrected chi connectivity index (χ0v) is 17.9. The minimum absolute atomic E-state index is 0.0819. The number of amides is 1. The van der Waals surface area contributed by atoms with Gasteiger partial charge in [0.15, 0.2) is 5.75 Å². The maximum Gasteiger partial charge on any atom is 0.310 e. The van der Waals surface area contributed by atoms with Crippen LogP contribution in [0.2, 0.25) is 0 Å². The summed E-state index contributed by atoms with van der Waals surface area (Å²) >= 11 is 7.64. The highest BCUT2D eigenvalue weighted by Crippen LogP contribution is 2.33. The van der Waals surface area contributed by atoms with Crippen molar-refractivity contribution >= 4 is 60.5 Å². The minimum Gasteiger partial charge on any atom is -0.482 e. The largest absolute Gasteiger partial charge is 0.482 e. The lowest BCUT2D eigenvalue weighted by molar-refractivity contribution is -0.385. The van der Waals surface area contributed by atoms with E-state index in [2.05, 4.69) is 37.2 Å². The number of benzene rings is 2. The number of carbonyl (C=O) groups excluding carboxylic acids is 1. The Morgan fingerprint density at radius 1 is 1.21 bits per heavy atom. The van der Waals surface area contributed by atoms with E-state index in [9.17, 15) is 19.3 Å². The average molecular weight is 530 g/mol. The number of carbonyl (C=O) groups is 1. The van der Waals surface area contributed by atoms with Crippen molar-refractivity contribution in [2.45, 2.75) is 6.61 Å². The van der Waals surface area contributed by atoms with Gasteiger partial charge in [0.1, 0.15) is 12.4 Å². The van der Waals surface area contributed by atoms with Gasteiger partial charge >= 0.3 is 5.69 Å². The number of para-hydroxylation sites is 2. The molecular weight excluding hydrogens is 519 g/mol.